The van der Waals surface area contributed by atoms with Crippen LogP contribution < -0.4 is 35.5 Å². The van der Waals surface area contributed by atoms with E-state index in [1.807, 2.05) is 92.7 Å². The molecule has 0 atom stereocenters. The second kappa shape index (κ2) is 16.9. The molecule has 0 radical (unpaired) electrons. The first-order valence-electron chi connectivity index (χ1n) is 16.8. The lowest BCUT2D eigenvalue weighted by Gasteiger charge is -2.15. The second-order valence-corrected chi connectivity index (χ2v) is 13.0. The Morgan fingerprint density at radius 2 is 1.40 bits per heavy atom. The highest BCUT2D eigenvalue weighted by Gasteiger charge is 2.18. The second-order valence-electron chi connectivity index (χ2n) is 12.2. The van der Waals surface area contributed by atoms with E-state index in [2.05, 4.69) is 31.3 Å². The number of aromatic amines is 1. The summed E-state index contributed by atoms with van der Waals surface area (Å²) >= 11 is 3.47. The zero-order chi connectivity index (χ0) is 37.3. The summed E-state index contributed by atoms with van der Waals surface area (Å²) in [4.78, 5) is 41.1. The van der Waals surface area contributed by atoms with E-state index in [0.29, 0.717) is 65.2 Å². The number of hydrogen-bond acceptors (Lipinski definition) is 8. The quantitative estimate of drug-likeness (QED) is 0.118. The number of hydrogen-bond donors (Lipinski definition) is 2. The van der Waals surface area contributed by atoms with Gasteiger partial charge in [-0.2, -0.15) is 9.78 Å². The fourth-order valence-corrected chi connectivity index (χ4v) is 6.10. The minimum Gasteiger partial charge on any atom is -0.496 e. The van der Waals surface area contributed by atoms with Crippen LogP contribution in [-0.2, 0) is 19.6 Å². The van der Waals surface area contributed by atoms with Gasteiger partial charge >= 0.3 is 5.69 Å². The number of ether oxygens (including phenoxy) is 4. The Morgan fingerprint density at radius 1 is 0.774 bits per heavy atom. The molecule has 0 unspecified atom stereocenters. The van der Waals surface area contributed by atoms with Crippen LogP contribution >= 0.6 is 15.9 Å². The summed E-state index contributed by atoms with van der Waals surface area (Å²) in [5, 5.41) is 6.92. The molecule has 0 saturated heterocycles. The van der Waals surface area contributed by atoms with Gasteiger partial charge in [-0.25, -0.2) is 4.79 Å². The Labute approximate surface area is 314 Å². The Balaban J connectivity index is 1.15. The van der Waals surface area contributed by atoms with Gasteiger partial charge in [0.1, 0.15) is 30.5 Å². The lowest BCUT2D eigenvalue weighted by Crippen LogP contribution is -2.39. The summed E-state index contributed by atoms with van der Waals surface area (Å²) in [5.41, 5.74) is 2.57. The maximum Gasteiger partial charge on any atom is 0.349 e. The normalized spacial score (nSPS) is 10.8. The van der Waals surface area contributed by atoms with Crippen molar-refractivity contribution in [3.63, 3.8) is 0 Å². The number of carbonyl (C=O) groups excluding carboxylic acids is 1. The minimum atomic E-state index is -0.890. The molecule has 0 bridgehead atoms. The topological polar surface area (TPSA) is 134 Å². The molecule has 1 amide bonds. The summed E-state index contributed by atoms with van der Waals surface area (Å²) in [7, 11) is 1.58. The van der Waals surface area contributed by atoms with Crippen molar-refractivity contribution < 1.29 is 23.7 Å². The average molecular weight is 778 g/mol. The maximum absolute atomic E-state index is 13.2. The summed E-state index contributed by atoms with van der Waals surface area (Å²) in [6.07, 6.45) is 0.425. The molecular weight excluding hydrogens is 740 g/mol. The smallest absolute Gasteiger partial charge is 0.349 e. The number of aromatic nitrogens is 3. The molecule has 5 aromatic carbocycles. The SMILES string of the molecule is COc1ccc(Oc2c(C)cc(-n3nc(C(=O)NCCc4ccc(OCc5ccccc5)c(OCc5ccccc5)c4)c(=O)[nH]c3=O)cc2C)cc1Br. The highest BCUT2D eigenvalue weighted by atomic mass is 79.9. The lowest BCUT2D eigenvalue weighted by molar-refractivity contribution is 0.0945. The van der Waals surface area contributed by atoms with Crippen molar-refractivity contribution in [2.24, 2.45) is 0 Å². The molecule has 1 aromatic heterocycles. The van der Waals surface area contributed by atoms with Crippen molar-refractivity contribution in [1.29, 1.82) is 0 Å². The summed E-state index contributed by atoms with van der Waals surface area (Å²) in [5.74, 6) is 2.28. The number of carbonyl (C=O) groups is 1. The van der Waals surface area contributed by atoms with Gasteiger partial charge < -0.3 is 24.3 Å². The average Bonchev–Trinajstić information content (AvgIpc) is 3.16. The molecule has 12 heteroatoms. The van der Waals surface area contributed by atoms with Crippen LogP contribution in [0.1, 0.15) is 38.3 Å². The molecule has 0 fully saturated rings. The van der Waals surface area contributed by atoms with Crippen molar-refractivity contribution in [2.45, 2.75) is 33.5 Å². The van der Waals surface area contributed by atoms with Gasteiger partial charge in [-0.3, -0.25) is 14.6 Å². The van der Waals surface area contributed by atoms with Gasteiger partial charge in [-0.15, -0.1) is 0 Å². The van der Waals surface area contributed by atoms with Crippen LogP contribution in [0.2, 0.25) is 0 Å². The standard InChI is InChI=1S/C41H37BrN4O7/c1-26-20-31(21-27(2)38(26)53-32-15-17-34(50-3)33(42)23-32)46-41(49)44-40(48)37(45-46)39(47)43-19-18-28-14-16-35(51-24-29-10-6-4-7-11-29)36(22-28)52-25-30-12-8-5-9-13-30/h4-17,20-23H,18-19,24-25H2,1-3H3,(H,43,47)(H,44,48,49). The van der Waals surface area contributed by atoms with Crippen LogP contribution in [-0.4, -0.2) is 34.3 Å². The molecule has 270 valence electrons. The van der Waals surface area contributed by atoms with Gasteiger partial charge in [0, 0.05) is 6.54 Å². The number of aryl methyl sites for hydroxylation is 2. The molecule has 6 aromatic rings. The predicted molar refractivity (Wildman–Crippen MR) is 205 cm³/mol. The fraction of sp³-hybridized carbons (Fsp3) is 0.171. The number of amides is 1. The van der Waals surface area contributed by atoms with E-state index >= 15 is 0 Å². The Bertz CT molecular complexity index is 2320. The Hall–Kier alpha value is -6.14. The Morgan fingerprint density at radius 3 is 2.02 bits per heavy atom. The van der Waals surface area contributed by atoms with E-state index in [-0.39, 0.29) is 6.54 Å². The Kier molecular flexibility index (Phi) is 11.7. The molecule has 11 nitrogen and oxygen atoms in total. The molecule has 6 rings (SSSR count). The largest absolute Gasteiger partial charge is 0.496 e. The molecule has 0 aliphatic heterocycles. The molecule has 0 spiro atoms. The molecule has 0 saturated carbocycles. The van der Waals surface area contributed by atoms with Crippen LogP contribution in [0.25, 0.3) is 5.69 Å². The first-order chi connectivity index (χ1) is 25.7. The molecule has 0 aliphatic rings. The van der Waals surface area contributed by atoms with Gasteiger partial charge in [0.05, 0.1) is 17.3 Å². The number of H-pyrrole nitrogens is 1. The van der Waals surface area contributed by atoms with Gasteiger partial charge in [-0.05, 0) is 106 Å². The first-order valence-corrected chi connectivity index (χ1v) is 17.6. The third-order valence-electron chi connectivity index (χ3n) is 8.26. The number of nitrogens with zero attached hydrogens (tertiary/aromatic N) is 2. The van der Waals surface area contributed by atoms with E-state index < -0.39 is 22.9 Å². The number of halogens is 1. The maximum atomic E-state index is 13.2. The van der Waals surface area contributed by atoms with Gasteiger partial charge in [0.2, 0.25) is 5.69 Å². The van der Waals surface area contributed by atoms with E-state index in [4.69, 9.17) is 18.9 Å². The van der Waals surface area contributed by atoms with Crippen molar-refractivity contribution in [1.82, 2.24) is 20.1 Å². The first kappa shape index (κ1) is 36.6. The zero-order valence-electron chi connectivity index (χ0n) is 29.4. The number of methoxy groups -OCH3 is 1. The van der Waals surface area contributed by atoms with Crippen LogP contribution in [0.15, 0.2) is 123 Å². The fourth-order valence-electron chi connectivity index (χ4n) is 5.58. The zero-order valence-corrected chi connectivity index (χ0v) is 30.9. The summed E-state index contributed by atoms with van der Waals surface area (Å²) in [6.45, 7) is 4.57. The summed E-state index contributed by atoms with van der Waals surface area (Å²) in [6, 6.07) is 34.0. The summed E-state index contributed by atoms with van der Waals surface area (Å²) < 4.78 is 25.5. The lowest BCUT2D eigenvalue weighted by atomic mass is 10.1. The highest BCUT2D eigenvalue weighted by molar-refractivity contribution is 9.10. The van der Waals surface area contributed by atoms with Crippen LogP contribution in [0.5, 0.6) is 28.7 Å². The van der Waals surface area contributed by atoms with Crippen molar-refractivity contribution in [2.75, 3.05) is 13.7 Å². The number of rotatable bonds is 14. The van der Waals surface area contributed by atoms with E-state index in [0.717, 1.165) is 25.8 Å². The number of benzene rings is 5. The van der Waals surface area contributed by atoms with Gasteiger partial charge in [0.15, 0.2) is 11.5 Å². The van der Waals surface area contributed by atoms with Crippen LogP contribution in [0.3, 0.4) is 0 Å². The molecule has 1 heterocycles. The third-order valence-corrected chi connectivity index (χ3v) is 8.88. The predicted octanol–water partition coefficient (Wildman–Crippen LogP) is 7.23. The van der Waals surface area contributed by atoms with Crippen molar-refractivity contribution in [3.05, 3.63) is 168 Å². The van der Waals surface area contributed by atoms with Crippen molar-refractivity contribution in [3.8, 4) is 34.4 Å². The van der Waals surface area contributed by atoms with Crippen LogP contribution in [0, 0.1) is 13.8 Å². The van der Waals surface area contributed by atoms with Crippen molar-refractivity contribution >= 4 is 21.8 Å². The third kappa shape index (κ3) is 9.21. The molecule has 2 N–H and O–H groups in total. The highest BCUT2D eigenvalue weighted by Crippen LogP contribution is 2.35. The van der Waals surface area contributed by atoms with E-state index in [1.165, 1.54) is 0 Å². The van der Waals surface area contributed by atoms with E-state index in [9.17, 15) is 14.4 Å². The van der Waals surface area contributed by atoms with Crippen LogP contribution in [0.4, 0.5) is 0 Å². The molecular formula is C41H37BrN4O7. The van der Waals surface area contributed by atoms with Gasteiger partial charge in [-0.1, -0.05) is 66.7 Å². The molecule has 0 aliphatic carbocycles. The van der Waals surface area contributed by atoms with Gasteiger partial charge in [0.25, 0.3) is 11.5 Å². The minimum absolute atomic E-state index is 0.188. The monoisotopic (exact) mass is 776 g/mol. The van der Waals surface area contributed by atoms with E-state index in [1.54, 1.807) is 37.4 Å². The number of nitrogens with one attached hydrogen (secondary N) is 2. The molecule has 53 heavy (non-hydrogen) atoms.